The van der Waals surface area contributed by atoms with Crippen LogP contribution in [0.5, 0.6) is 0 Å². The second-order valence-corrected chi connectivity index (χ2v) is 13.6. The lowest BCUT2D eigenvalue weighted by atomic mass is 10.0. The summed E-state index contributed by atoms with van der Waals surface area (Å²) < 4.78 is 9.84. The number of hydrogen-bond acceptors (Lipinski definition) is 16. The van der Waals surface area contributed by atoms with Gasteiger partial charge in [-0.1, -0.05) is 25.7 Å². The van der Waals surface area contributed by atoms with E-state index in [-0.39, 0.29) is 49.3 Å². The number of aliphatic hydroxyl groups excluding tert-OH is 4. The Morgan fingerprint density at radius 2 is 0.871 bits per heavy atom. The van der Waals surface area contributed by atoms with Gasteiger partial charge in [0, 0.05) is 49.7 Å². The van der Waals surface area contributed by atoms with E-state index in [9.17, 15) is 58.8 Å². The normalized spacial score (nSPS) is 12.7. The molecule has 62 heavy (non-hydrogen) atoms. The number of nitrogens with zero attached hydrogens (tertiary/aromatic N) is 2. The van der Waals surface area contributed by atoms with Gasteiger partial charge in [0.25, 0.3) is 22.9 Å². The van der Waals surface area contributed by atoms with Crippen molar-refractivity contribution in [2.75, 3.05) is 63.1 Å². The number of urea groups is 2. The molecular weight excluding hydrogens is 824 g/mol. The van der Waals surface area contributed by atoms with Crippen LogP contribution in [0.2, 0.25) is 0 Å². The van der Waals surface area contributed by atoms with E-state index in [0.29, 0.717) is 63.3 Å². The number of amides is 8. The van der Waals surface area contributed by atoms with Crippen molar-refractivity contribution in [2.45, 2.75) is 89.6 Å². The van der Waals surface area contributed by atoms with Crippen LogP contribution in [0, 0.1) is 13.8 Å². The predicted octanol–water partition coefficient (Wildman–Crippen LogP) is -2.34. The minimum Gasteiger partial charge on any atom is -0.448 e. The molecule has 0 spiro atoms. The summed E-state index contributed by atoms with van der Waals surface area (Å²) >= 11 is 0. The summed E-state index contributed by atoms with van der Waals surface area (Å²) in [5.41, 5.74) is 0.153. The van der Waals surface area contributed by atoms with Gasteiger partial charge in [-0.3, -0.25) is 39.8 Å². The van der Waals surface area contributed by atoms with Gasteiger partial charge in [0.2, 0.25) is 11.9 Å². The molecule has 2 aromatic rings. The van der Waals surface area contributed by atoms with Crippen LogP contribution in [-0.4, -0.2) is 153 Å². The van der Waals surface area contributed by atoms with Gasteiger partial charge < -0.3 is 61.8 Å². The van der Waals surface area contributed by atoms with E-state index in [1.165, 1.54) is 12.1 Å². The summed E-state index contributed by atoms with van der Waals surface area (Å²) in [6.45, 7) is 3.41. The fraction of sp³-hybridized carbons (Fsp3) is 0.611. The number of H-pyrrole nitrogens is 2. The van der Waals surface area contributed by atoms with Gasteiger partial charge in [-0.2, -0.15) is 0 Å². The third kappa shape index (κ3) is 22.3. The quantitative estimate of drug-likeness (QED) is 0.0418. The van der Waals surface area contributed by atoms with Gasteiger partial charge in [0.05, 0.1) is 13.1 Å². The Bertz CT molecular complexity index is 1730. The summed E-state index contributed by atoms with van der Waals surface area (Å²) in [4.78, 5) is 108. The van der Waals surface area contributed by atoms with Crippen LogP contribution in [0.4, 0.5) is 31.1 Å². The summed E-state index contributed by atoms with van der Waals surface area (Å²) in [7, 11) is 0. The maximum Gasteiger partial charge on any atom is 0.407 e. The number of hydrogen-bond donors (Lipinski definition) is 14. The third-order valence-corrected chi connectivity index (χ3v) is 8.32. The molecule has 2 rings (SSSR count). The molecule has 26 heteroatoms. The molecule has 14 N–H and O–H groups in total. The van der Waals surface area contributed by atoms with Crippen LogP contribution in [0.1, 0.15) is 62.8 Å². The number of unbranched alkanes of at least 4 members (excludes halogenated alkanes) is 6. The minimum absolute atomic E-state index is 0.0409. The van der Waals surface area contributed by atoms with Crippen molar-refractivity contribution in [1.29, 1.82) is 0 Å². The van der Waals surface area contributed by atoms with Crippen LogP contribution in [0.25, 0.3) is 0 Å². The number of nitrogens with one attached hydrogen (secondary N) is 10. The molecule has 0 aliphatic carbocycles. The number of ether oxygens (including phenoxy) is 2. The zero-order valence-electron chi connectivity index (χ0n) is 34.5. The first-order valence-corrected chi connectivity index (χ1v) is 19.9. The molecule has 1 unspecified atom stereocenters. The summed E-state index contributed by atoms with van der Waals surface area (Å²) in [6.07, 6.45) is -5.14. The Morgan fingerprint density at radius 1 is 0.532 bits per heavy atom. The second-order valence-electron chi connectivity index (χ2n) is 13.6. The molecule has 0 saturated carbocycles. The molecule has 0 aliphatic heterocycles. The van der Waals surface area contributed by atoms with Crippen LogP contribution in [0.3, 0.4) is 0 Å². The lowest BCUT2D eigenvalue weighted by Crippen LogP contribution is -2.55. The number of rotatable bonds is 27. The SMILES string of the molecule is Cc1cc(=O)[nH]c(NC(=O)NCCCCCCNC(=O)OCCNC(=O)[C@@H](O)C(O)[C@H](O)[C@@H](O)C(=O)NCCOC(=O)NCCCCCCNC(=O)Nc2nc(C)cc(=O)[nH]2)n1. The van der Waals surface area contributed by atoms with Gasteiger partial charge in [-0.05, 0) is 39.5 Å². The standard InChI is InChI=1S/C36H58N12O14/c1-21-19-23(49)45-31(43-21)47-33(57)39-11-7-3-5-9-13-41-35(59)61-17-15-37-29(55)27(53)25(51)26(52)28(54)30(56)38-16-18-62-36(60)42-14-10-6-4-8-12-40-34(58)48-32-44-22(2)20-24(50)46-32/h19-20,25-28,51-54H,3-18H2,1-2H3,(H,37,55)(H,38,56)(H,41,59)(H,42,60)(H3,39,43,45,47,49,57)(H3,40,44,46,48,50,58)/t25-,26?,27+,28-/m0/s1. The number of aliphatic hydroxyl groups is 4. The first-order chi connectivity index (χ1) is 29.5. The fourth-order valence-electron chi connectivity index (χ4n) is 5.20. The van der Waals surface area contributed by atoms with Crippen molar-refractivity contribution in [3.63, 3.8) is 0 Å². The highest BCUT2D eigenvalue weighted by Crippen LogP contribution is 2.07. The van der Waals surface area contributed by atoms with Gasteiger partial charge in [-0.25, -0.2) is 29.1 Å². The molecule has 2 aromatic heterocycles. The minimum atomic E-state index is -2.29. The zero-order chi connectivity index (χ0) is 45.9. The Kier molecular flexibility index (Phi) is 24.2. The smallest absolute Gasteiger partial charge is 0.407 e. The summed E-state index contributed by atoms with van der Waals surface area (Å²) in [6, 6.07) is 1.56. The number of alkyl carbamates (subject to hydrolysis) is 2. The van der Waals surface area contributed by atoms with E-state index >= 15 is 0 Å². The third-order valence-electron chi connectivity index (χ3n) is 8.32. The summed E-state index contributed by atoms with van der Waals surface area (Å²) in [5.74, 6) is -2.29. The van der Waals surface area contributed by atoms with Gasteiger partial charge >= 0.3 is 24.2 Å². The highest BCUT2D eigenvalue weighted by Gasteiger charge is 2.37. The van der Waals surface area contributed by atoms with Crippen LogP contribution in [-0.2, 0) is 19.1 Å². The van der Waals surface area contributed by atoms with E-state index in [4.69, 9.17) is 9.47 Å². The van der Waals surface area contributed by atoms with E-state index in [0.717, 1.165) is 25.7 Å². The average molecular weight is 883 g/mol. The lowest BCUT2D eigenvalue weighted by Gasteiger charge is -2.25. The number of anilines is 2. The Balaban J connectivity index is 1.45. The topological polar surface area (TPSA) is 390 Å². The molecule has 0 saturated heterocycles. The van der Waals surface area contributed by atoms with Crippen molar-refractivity contribution in [3.05, 3.63) is 44.2 Å². The maximum atomic E-state index is 12.2. The largest absolute Gasteiger partial charge is 0.448 e. The highest BCUT2D eigenvalue weighted by molar-refractivity contribution is 5.87. The van der Waals surface area contributed by atoms with E-state index in [2.05, 4.69) is 62.5 Å². The molecule has 4 atom stereocenters. The van der Waals surface area contributed by atoms with E-state index in [1.807, 2.05) is 0 Å². The molecule has 8 amide bonds. The van der Waals surface area contributed by atoms with Crippen molar-refractivity contribution in [3.8, 4) is 0 Å². The zero-order valence-corrected chi connectivity index (χ0v) is 34.5. The van der Waals surface area contributed by atoms with Crippen LogP contribution in [0.15, 0.2) is 21.7 Å². The molecule has 346 valence electrons. The molecular formula is C36H58N12O14. The Morgan fingerprint density at radius 3 is 1.21 bits per heavy atom. The first kappa shape index (κ1) is 51.8. The molecule has 0 aromatic carbocycles. The summed E-state index contributed by atoms with van der Waals surface area (Å²) in [5, 5.41) is 60.1. The van der Waals surface area contributed by atoms with Crippen molar-refractivity contribution in [1.82, 2.24) is 51.8 Å². The fourth-order valence-corrected chi connectivity index (χ4v) is 5.20. The van der Waals surface area contributed by atoms with Crippen molar-refractivity contribution < 1.29 is 58.7 Å². The van der Waals surface area contributed by atoms with E-state index < -0.39 is 60.5 Å². The maximum absolute atomic E-state index is 12.2. The second kappa shape index (κ2) is 29.0. The average Bonchev–Trinajstić information content (AvgIpc) is 3.20. The van der Waals surface area contributed by atoms with Crippen molar-refractivity contribution >= 4 is 48.0 Å². The number of aromatic amines is 2. The number of aryl methyl sites for hydroxylation is 2. The highest BCUT2D eigenvalue weighted by atomic mass is 16.6. The lowest BCUT2D eigenvalue weighted by molar-refractivity contribution is -0.155. The molecule has 0 radical (unpaired) electrons. The van der Waals surface area contributed by atoms with Crippen molar-refractivity contribution in [2.24, 2.45) is 0 Å². The first-order valence-electron chi connectivity index (χ1n) is 19.9. The van der Waals surface area contributed by atoms with Crippen LogP contribution < -0.4 is 53.7 Å². The Hall–Kier alpha value is -6.38. The van der Waals surface area contributed by atoms with Crippen LogP contribution >= 0.6 is 0 Å². The molecule has 0 fully saturated rings. The van der Waals surface area contributed by atoms with Gasteiger partial charge in [-0.15, -0.1) is 0 Å². The molecule has 26 nitrogen and oxygen atoms in total. The van der Waals surface area contributed by atoms with E-state index in [1.54, 1.807) is 13.8 Å². The molecule has 0 aliphatic rings. The Labute approximate surface area is 355 Å². The molecule has 2 heterocycles. The van der Waals surface area contributed by atoms with Gasteiger partial charge in [0.1, 0.15) is 25.4 Å². The number of carbonyl (C=O) groups is 6. The monoisotopic (exact) mass is 882 g/mol. The van der Waals surface area contributed by atoms with Gasteiger partial charge in [0.15, 0.2) is 12.2 Å². The number of aromatic nitrogens is 4. The molecule has 0 bridgehead atoms. The predicted molar refractivity (Wildman–Crippen MR) is 219 cm³/mol. The number of carbonyl (C=O) groups excluding carboxylic acids is 6.